The molecule has 0 fully saturated rings. The molecule has 1 heterocycles. The van der Waals surface area contributed by atoms with Gasteiger partial charge in [-0.25, -0.2) is 14.9 Å². The predicted molar refractivity (Wildman–Crippen MR) is 149 cm³/mol. The number of hydrogen-bond acceptors (Lipinski definition) is 6. The van der Waals surface area contributed by atoms with Crippen LogP contribution < -0.4 is 16.8 Å². The summed E-state index contributed by atoms with van der Waals surface area (Å²) in [7, 11) is 0. The minimum Gasteiger partial charge on any atom is -0.399 e. The second kappa shape index (κ2) is 11.9. The molecule has 0 saturated heterocycles. The van der Waals surface area contributed by atoms with Gasteiger partial charge in [0.25, 0.3) is 11.8 Å². The molecule has 0 radical (unpaired) electrons. The SMILES string of the molecule is [C-]#[N+]c1cccc(NC(=O)c2ccc3c(c2)N=C(N)CC(C(=O)N(CCC)OCc2ccc(N)cc2)=C3)c1. The largest absolute Gasteiger partial charge is 0.399 e. The fraction of sp³-hybridized carbons (Fsp3) is 0.172. The summed E-state index contributed by atoms with van der Waals surface area (Å²) in [6.07, 6.45) is 2.58. The molecular formula is C29H28N6O3. The van der Waals surface area contributed by atoms with Crippen molar-refractivity contribution in [3.8, 4) is 0 Å². The van der Waals surface area contributed by atoms with Gasteiger partial charge in [-0.3, -0.25) is 14.4 Å². The molecule has 4 rings (SSSR count). The lowest BCUT2D eigenvalue weighted by atomic mass is 10.0. The molecule has 9 heteroatoms. The number of amidine groups is 1. The molecule has 3 aromatic carbocycles. The highest BCUT2D eigenvalue weighted by molar-refractivity contribution is 6.07. The van der Waals surface area contributed by atoms with Gasteiger partial charge in [0, 0.05) is 41.0 Å². The summed E-state index contributed by atoms with van der Waals surface area (Å²) >= 11 is 0. The van der Waals surface area contributed by atoms with Crippen LogP contribution in [0.1, 0.15) is 41.3 Å². The normalized spacial score (nSPS) is 12.3. The van der Waals surface area contributed by atoms with Crippen molar-refractivity contribution in [1.82, 2.24) is 5.06 Å². The number of carbonyl (C=O) groups is 2. The van der Waals surface area contributed by atoms with E-state index < -0.39 is 0 Å². The summed E-state index contributed by atoms with van der Waals surface area (Å²) < 4.78 is 0. The Balaban J connectivity index is 1.53. The maximum absolute atomic E-state index is 13.4. The first-order valence-corrected chi connectivity index (χ1v) is 12.1. The smallest absolute Gasteiger partial charge is 0.273 e. The van der Waals surface area contributed by atoms with Crippen LogP contribution in [-0.2, 0) is 16.2 Å². The van der Waals surface area contributed by atoms with E-state index in [1.165, 1.54) is 5.06 Å². The van der Waals surface area contributed by atoms with Gasteiger partial charge in [0.05, 0.1) is 12.3 Å². The highest BCUT2D eigenvalue weighted by atomic mass is 16.7. The molecular weight excluding hydrogens is 480 g/mol. The van der Waals surface area contributed by atoms with E-state index >= 15 is 0 Å². The second-order valence-electron chi connectivity index (χ2n) is 8.76. The lowest BCUT2D eigenvalue weighted by Gasteiger charge is -2.22. The quantitative estimate of drug-likeness (QED) is 0.218. The van der Waals surface area contributed by atoms with E-state index in [1.807, 2.05) is 19.1 Å². The van der Waals surface area contributed by atoms with Crippen LogP contribution >= 0.6 is 0 Å². The number of benzene rings is 3. The van der Waals surface area contributed by atoms with Gasteiger partial charge in [-0.15, -0.1) is 0 Å². The van der Waals surface area contributed by atoms with Gasteiger partial charge in [-0.1, -0.05) is 37.3 Å². The summed E-state index contributed by atoms with van der Waals surface area (Å²) in [6.45, 7) is 9.73. The number of nitrogens with zero attached hydrogens (tertiary/aromatic N) is 3. The number of aliphatic imine (C=N–C) groups is 1. The third-order valence-corrected chi connectivity index (χ3v) is 5.79. The van der Waals surface area contributed by atoms with Gasteiger partial charge in [0.15, 0.2) is 5.69 Å². The molecule has 0 atom stereocenters. The molecule has 0 unspecified atom stereocenters. The molecule has 38 heavy (non-hydrogen) atoms. The van der Waals surface area contributed by atoms with Crippen LogP contribution in [0.3, 0.4) is 0 Å². The van der Waals surface area contributed by atoms with E-state index in [2.05, 4.69) is 15.2 Å². The summed E-state index contributed by atoms with van der Waals surface area (Å²) in [5.74, 6) is -0.395. The Bertz CT molecular complexity index is 1450. The van der Waals surface area contributed by atoms with Crippen molar-refractivity contribution in [2.45, 2.75) is 26.4 Å². The first kappa shape index (κ1) is 26.1. The molecule has 0 bridgehead atoms. The number of nitrogen functional groups attached to an aromatic ring is 1. The zero-order chi connectivity index (χ0) is 27.1. The van der Waals surface area contributed by atoms with Crippen LogP contribution in [0.5, 0.6) is 0 Å². The standard InChI is InChI=1S/C29H28N6O3/c1-3-13-35(38-18-19-7-11-23(30)12-8-19)29(37)22-14-20-9-10-21(15-26(20)34-27(31)16-22)28(36)33-25-6-4-5-24(17-25)32-2/h4-12,14-15,17H,3,13,16,18,30H2,1H3,(H2,31,34)(H,33,36). The van der Waals surface area contributed by atoms with E-state index in [0.717, 1.165) is 5.56 Å². The minimum absolute atomic E-state index is 0.143. The van der Waals surface area contributed by atoms with Crippen molar-refractivity contribution >= 4 is 46.5 Å². The fourth-order valence-corrected chi connectivity index (χ4v) is 3.88. The molecule has 0 aliphatic carbocycles. The van der Waals surface area contributed by atoms with Crippen LogP contribution in [0.25, 0.3) is 10.9 Å². The lowest BCUT2D eigenvalue weighted by molar-refractivity contribution is -0.187. The molecule has 0 spiro atoms. The Morgan fingerprint density at radius 1 is 1.11 bits per heavy atom. The minimum atomic E-state index is -0.349. The van der Waals surface area contributed by atoms with Gasteiger partial charge < -0.3 is 16.8 Å². The highest BCUT2D eigenvalue weighted by Gasteiger charge is 2.23. The van der Waals surface area contributed by atoms with Gasteiger partial charge in [0.2, 0.25) is 0 Å². The van der Waals surface area contributed by atoms with Crippen LogP contribution in [0.15, 0.2) is 77.3 Å². The van der Waals surface area contributed by atoms with E-state index in [9.17, 15) is 9.59 Å². The molecule has 1 aliphatic heterocycles. The number of carbonyl (C=O) groups excluding carboxylic acids is 2. The van der Waals surface area contributed by atoms with E-state index in [4.69, 9.17) is 22.9 Å². The topological polar surface area (TPSA) is 127 Å². The fourth-order valence-electron chi connectivity index (χ4n) is 3.88. The van der Waals surface area contributed by atoms with Crippen LogP contribution in [0.2, 0.25) is 0 Å². The van der Waals surface area contributed by atoms with Crippen molar-refractivity contribution < 1.29 is 14.4 Å². The Hall–Kier alpha value is -4.94. The Morgan fingerprint density at radius 3 is 2.63 bits per heavy atom. The zero-order valence-electron chi connectivity index (χ0n) is 21.0. The monoisotopic (exact) mass is 508 g/mol. The van der Waals surface area contributed by atoms with Crippen molar-refractivity contribution in [3.05, 3.63) is 100 Å². The molecule has 5 N–H and O–H groups in total. The number of hydroxylamine groups is 2. The molecule has 3 aromatic rings. The van der Waals surface area contributed by atoms with Crippen LogP contribution in [0, 0.1) is 6.57 Å². The first-order valence-electron chi connectivity index (χ1n) is 12.1. The van der Waals surface area contributed by atoms with Gasteiger partial charge in [-0.05, 0) is 54.5 Å². The third-order valence-electron chi connectivity index (χ3n) is 5.79. The molecule has 2 amide bonds. The first-order chi connectivity index (χ1) is 18.4. The Labute approximate surface area is 221 Å². The Morgan fingerprint density at radius 2 is 1.89 bits per heavy atom. The molecule has 192 valence electrons. The predicted octanol–water partition coefficient (Wildman–Crippen LogP) is 5.22. The number of rotatable bonds is 8. The van der Waals surface area contributed by atoms with Gasteiger partial charge >= 0.3 is 0 Å². The number of anilines is 2. The number of amides is 2. The second-order valence-corrected chi connectivity index (χ2v) is 8.76. The number of hydrogen-bond donors (Lipinski definition) is 3. The zero-order valence-corrected chi connectivity index (χ0v) is 21.0. The maximum atomic E-state index is 13.4. The molecule has 9 nitrogen and oxygen atoms in total. The average Bonchev–Trinajstić information content (AvgIpc) is 3.09. The van der Waals surface area contributed by atoms with E-state index in [0.29, 0.717) is 52.4 Å². The summed E-state index contributed by atoms with van der Waals surface area (Å²) in [4.78, 5) is 40.0. The third kappa shape index (κ3) is 6.43. The van der Waals surface area contributed by atoms with Gasteiger partial charge in [0.1, 0.15) is 12.4 Å². The van der Waals surface area contributed by atoms with Gasteiger partial charge in [-0.2, -0.15) is 0 Å². The van der Waals surface area contributed by atoms with Crippen LogP contribution in [0.4, 0.5) is 22.7 Å². The Kier molecular flexibility index (Phi) is 8.16. The van der Waals surface area contributed by atoms with Crippen LogP contribution in [-0.4, -0.2) is 29.3 Å². The van der Waals surface area contributed by atoms with Crippen molar-refractivity contribution in [2.24, 2.45) is 10.7 Å². The summed E-state index contributed by atoms with van der Waals surface area (Å²) in [6, 6.07) is 19.0. The average molecular weight is 509 g/mol. The lowest BCUT2D eigenvalue weighted by Crippen LogP contribution is -2.34. The highest BCUT2D eigenvalue weighted by Crippen LogP contribution is 2.29. The molecule has 1 aliphatic rings. The molecule has 0 saturated carbocycles. The number of nitrogens with two attached hydrogens (primary N) is 2. The molecule has 0 aromatic heterocycles. The van der Waals surface area contributed by atoms with Crippen molar-refractivity contribution in [2.75, 3.05) is 17.6 Å². The van der Waals surface area contributed by atoms with E-state index in [1.54, 1.807) is 60.7 Å². The number of nitrogens with one attached hydrogen (secondary N) is 1. The maximum Gasteiger partial charge on any atom is 0.273 e. The van der Waals surface area contributed by atoms with Crippen molar-refractivity contribution in [3.63, 3.8) is 0 Å². The van der Waals surface area contributed by atoms with Crippen molar-refractivity contribution in [1.29, 1.82) is 0 Å². The summed E-state index contributed by atoms with van der Waals surface area (Å²) in [5.41, 5.74) is 16.4. The van der Waals surface area contributed by atoms with E-state index in [-0.39, 0.29) is 30.7 Å². The number of fused-ring (bicyclic) bond motifs is 1. The summed E-state index contributed by atoms with van der Waals surface area (Å²) in [5, 5.41) is 4.14.